The topological polar surface area (TPSA) is 32.3 Å². The number of fused-ring (bicyclic) bond motifs is 1. The second-order valence-corrected chi connectivity index (χ2v) is 7.75. The van der Waals surface area contributed by atoms with Crippen LogP contribution in [0.15, 0.2) is 28.7 Å². The molecule has 2 heterocycles. The number of nitrogens with one attached hydrogen (secondary N) is 1. The van der Waals surface area contributed by atoms with Crippen LogP contribution in [0.2, 0.25) is 0 Å². The van der Waals surface area contributed by atoms with E-state index < -0.39 is 0 Å². The van der Waals surface area contributed by atoms with Gasteiger partial charge in [0.15, 0.2) is 0 Å². The molecular weight excluding hydrogens is 364 g/mol. The predicted molar refractivity (Wildman–Crippen MR) is 93.3 cm³/mol. The fraction of sp³-hybridized carbons (Fsp3) is 0.588. The summed E-state index contributed by atoms with van der Waals surface area (Å²) in [6.45, 7) is 4.07. The molecule has 1 aromatic rings. The van der Waals surface area contributed by atoms with Gasteiger partial charge in [0, 0.05) is 30.7 Å². The molecule has 0 spiro atoms. The highest BCUT2D eigenvalue weighted by atomic mass is 79.9. The molecule has 120 valence electrons. The number of amides is 1. The Labute approximate surface area is 146 Å². The first-order chi connectivity index (χ1) is 10.2. The lowest BCUT2D eigenvalue weighted by atomic mass is 9.63. The van der Waals surface area contributed by atoms with Gasteiger partial charge >= 0.3 is 0 Å². The summed E-state index contributed by atoms with van der Waals surface area (Å²) in [4.78, 5) is 15.3. The molecular formula is C17H22BrClN2O. The van der Waals surface area contributed by atoms with Gasteiger partial charge in [0.25, 0.3) is 0 Å². The second-order valence-electron chi connectivity index (χ2n) is 6.83. The minimum absolute atomic E-state index is 0. The average molecular weight is 386 g/mol. The molecule has 3 aliphatic rings. The average Bonchev–Trinajstić information content (AvgIpc) is 3.00. The fourth-order valence-corrected chi connectivity index (χ4v) is 4.51. The number of benzene rings is 1. The van der Waals surface area contributed by atoms with E-state index in [1.54, 1.807) is 0 Å². The number of rotatable bonds is 2. The first-order valence-electron chi connectivity index (χ1n) is 7.95. The van der Waals surface area contributed by atoms with Crippen molar-refractivity contribution in [3.05, 3.63) is 34.3 Å². The smallest absolute Gasteiger partial charge is 0.233 e. The van der Waals surface area contributed by atoms with E-state index in [2.05, 4.69) is 50.4 Å². The lowest BCUT2D eigenvalue weighted by Gasteiger charge is -2.43. The molecule has 1 N–H and O–H groups in total. The number of hydrogen-bond acceptors (Lipinski definition) is 2. The van der Waals surface area contributed by atoms with Crippen LogP contribution < -0.4 is 5.32 Å². The zero-order valence-corrected chi connectivity index (χ0v) is 15.0. The molecule has 2 aliphatic heterocycles. The first kappa shape index (κ1) is 16.3. The highest BCUT2D eigenvalue weighted by Crippen LogP contribution is 2.46. The third-order valence-corrected chi connectivity index (χ3v) is 6.22. The molecule has 1 aromatic carbocycles. The molecule has 0 bridgehead atoms. The number of nitrogens with zero attached hydrogens (tertiary/aromatic N) is 1. The maximum absolute atomic E-state index is 13.2. The van der Waals surface area contributed by atoms with Crippen molar-refractivity contribution in [2.75, 3.05) is 26.2 Å². The maximum atomic E-state index is 13.2. The Hall–Kier alpha value is -0.580. The van der Waals surface area contributed by atoms with Gasteiger partial charge in [0.1, 0.15) is 0 Å². The van der Waals surface area contributed by atoms with Gasteiger partial charge in [-0.1, -0.05) is 34.5 Å². The lowest BCUT2D eigenvalue weighted by molar-refractivity contribution is -0.140. The quantitative estimate of drug-likeness (QED) is 0.849. The predicted octanol–water partition coefficient (Wildman–Crippen LogP) is 2.97. The van der Waals surface area contributed by atoms with E-state index in [1.165, 1.54) is 12.0 Å². The van der Waals surface area contributed by atoms with E-state index in [4.69, 9.17) is 0 Å². The number of carbonyl (C=O) groups is 1. The molecule has 1 aliphatic carbocycles. The Bertz CT molecular complexity index is 546. The van der Waals surface area contributed by atoms with Crippen molar-refractivity contribution in [2.24, 2.45) is 11.8 Å². The van der Waals surface area contributed by atoms with Gasteiger partial charge in [-0.05, 0) is 42.4 Å². The maximum Gasteiger partial charge on any atom is 0.233 e. The lowest BCUT2D eigenvalue weighted by Crippen LogP contribution is -2.50. The fourth-order valence-electron chi connectivity index (χ4n) is 4.25. The summed E-state index contributed by atoms with van der Waals surface area (Å²) >= 11 is 3.49. The molecule has 2 atom stereocenters. The summed E-state index contributed by atoms with van der Waals surface area (Å²) in [5.41, 5.74) is 0.976. The van der Waals surface area contributed by atoms with Crippen molar-refractivity contribution < 1.29 is 4.79 Å². The molecule has 0 radical (unpaired) electrons. The van der Waals surface area contributed by atoms with E-state index in [0.29, 0.717) is 17.7 Å². The monoisotopic (exact) mass is 384 g/mol. The Kier molecular flexibility index (Phi) is 4.54. The minimum Gasteiger partial charge on any atom is -0.341 e. The van der Waals surface area contributed by atoms with Crippen molar-refractivity contribution in [3.8, 4) is 0 Å². The van der Waals surface area contributed by atoms with Crippen molar-refractivity contribution in [1.82, 2.24) is 10.2 Å². The molecule has 3 nitrogen and oxygen atoms in total. The van der Waals surface area contributed by atoms with Crippen molar-refractivity contribution in [3.63, 3.8) is 0 Å². The Morgan fingerprint density at radius 2 is 1.73 bits per heavy atom. The third-order valence-electron chi connectivity index (χ3n) is 5.69. The molecule has 4 rings (SSSR count). The van der Waals surface area contributed by atoms with Crippen LogP contribution in [0, 0.1) is 11.8 Å². The Balaban J connectivity index is 0.00000144. The van der Waals surface area contributed by atoms with Crippen molar-refractivity contribution in [2.45, 2.75) is 24.7 Å². The van der Waals surface area contributed by atoms with Crippen LogP contribution in [-0.4, -0.2) is 37.0 Å². The van der Waals surface area contributed by atoms with Gasteiger partial charge in [-0.3, -0.25) is 4.79 Å². The van der Waals surface area contributed by atoms with Crippen molar-refractivity contribution >= 4 is 34.2 Å². The van der Waals surface area contributed by atoms with E-state index in [-0.39, 0.29) is 17.8 Å². The largest absolute Gasteiger partial charge is 0.341 e. The number of carbonyl (C=O) groups excluding carboxylic acids is 1. The molecule has 0 unspecified atom stereocenters. The highest BCUT2D eigenvalue weighted by Gasteiger charge is 2.50. The highest BCUT2D eigenvalue weighted by molar-refractivity contribution is 9.10. The van der Waals surface area contributed by atoms with Crippen LogP contribution in [0.4, 0.5) is 0 Å². The van der Waals surface area contributed by atoms with Crippen LogP contribution in [0.5, 0.6) is 0 Å². The molecule has 22 heavy (non-hydrogen) atoms. The molecule has 5 heteroatoms. The summed E-state index contributed by atoms with van der Waals surface area (Å²) < 4.78 is 1.08. The second kappa shape index (κ2) is 6.14. The third kappa shape index (κ3) is 2.49. The summed E-state index contributed by atoms with van der Waals surface area (Å²) in [5.74, 6) is 1.73. The summed E-state index contributed by atoms with van der Waals surface area (Å²) in [6.07, 6.45) is 3.19. The minimum atomic E-state index is -0.229. The van der Waals surface area contributed by atoms with Crippen LogP contribution >= 0.6 is 28.3 Å². The standard InChI is InChI=1S/C17H21BrN2O.ClH/c18-15-4-2-14(3-5-15)17(6-1-7-17)16(21)20-10-12-8-19-9-13(12)11-20;/h2-5,12-13,19H,1,6-11H2;1H/t12-,13+;. The number of likely N-dealkylation sites (tertiary alicyclic amines) is 1. The van der Waals surface area contributed by atoms with Gasteiger partial charge < -0.3 is 10.2 Å². The first-order valence-corrected chi connectivity index (χ1v) is 8.74. The molecule has 1 saturated carbocycles. The van der Waals surface area contributed by atoms with Crippen LogP contribution in [0.1, 0.15) is 24.8 Å². The molecule has 3 fully saturated rings. The van der Waals surface area contributed by atoms with Crippen LogP contribution in [0.3, 0.4) is 0 Å². The zero-order valence-electron chi connectivity index (χ0n) is 12.6. The molecule has 1 amide bonds. The van der Waals surface area contributed by atoms with Gasteiger partial charge in [0.2, 0.25) is 5.91 Å². The van der Waals surface area contributed by atoms with Gasteiger partial charge in [-0.2, -0.15) is 0 Å². The number of hydrogen-bond donors (Lipinski definition) is 1. The van der Waals surface area contributed by atoms with Gasteiger partial charge in [0.05, 0.1) is 5.41 Å². The SMILES string of the molecule is Cl.O=C(N1C[C@H]2CNC[C@H]2C1)C1(c2ccc(Br)cc2)CCC1. The van der Waals surface area contributed by atoms with Gasteiger partial charge in [-0.15, -0.1) is 12.4 Å². The Morgan fingerprint density at radius 3 is 2.23 bits per heavy atom. The van der Waals surface area contributed by atoms with E-state index in [1.807, 2.05) is 0 Å². The van der Waals surface area contributed by atoms with Crippen LogP contribution in [-0.2, 0) is 10.2 Å². The van der Waals surface area contributed by atoms with Crippen LogP contribution in [0.25, 0.3) is 0 Å². The van der Waals surface area contributed by atoms with Gasteiger partial charge in [-0.25, -0.2) is 0 Å². The van der Waals surface area contributed by atoms with E-state index in [0.717, 1.165) is 43.5 Å². The summed E-state index contributed by atoms with van der Waals surface area (Å²) in [6, 6.07) is 8.37. The number of halogens is 2. The summed E-state index contributed by atoms with van der Waals surface area (Å²) in [7, 11) is 0. The summed E-state index contributed by atoms with van der Waals surface area (Å²) in [5, 5.41) is 3.45. The van der Waals surface area contributed by atoms with Crippen molar-refractivity contribution in [1.29, 1.82) is 0 Å². The molecule has 2 saturated heterocycles. The molecule has 0 aromatic heterocycles. The normalized spacial score (nSPS) is 28.7. The van der Waals surface area contributed by atoms with E-state index >= 15 is 0 Å². The Morgan fingerprint density at radius 1 is 1.14 bits per heavy atom. The van der Waals surface area contributed by atoms with E-state index in [9.17, 15) is 4.79 Å². The zero-order chi connectivity index (χ0) is 14.4.